The van der Waals surface area contributed by atoms with E-state index in [1.165, 1.54) is 19.3 Å². The normalized spacial score (nSPS) is 21.3. The second kappa shape index (κ2) is 9.40. The Balaban J connectivity index is 0.000000123. The smallest absolute Gasteiger partial charge is 0.290 e. The van der Waals surface area contributed by atoms with E-state index in [9.17, 15) is 9.59 Å². The van der Waals surface area contributed by atoms with Crippen molar-refractivity contribution >= 4 is 53.6 Å². The van der Waals surface area contributed by atoms with E-state index in [4.69, 9.17) is 9.47 Å². The number of anilines is 1. The third-order valence-electron chi connectivity index (χ3n) is 5.44. The number of hydrogen-bond donors (Lipinski definition) is 3. The zero-order chi connectivity index (χ0) is 22.1. The molecule has 0 aliphatic carbocycles. The number of nitrogens with one attached hydrogen (secondary N) is 3. The second-order valence-electron chi connectivity index (χ2n) is 8.16. The molecule has 4 fully saturated rings. The molecule has 0 unspecified atom stereocenters. The summed E-state index contributed by atoms with van der Waals surface area (Å²) in [6, 6.07) is 0. The van der Waals surface area contributed by atoms with Crippen LogP contribution < -0.4 is 21.3 Å². The molecule has 4 aliphatic heterocycles. The minimum Gasteiger partial charge on any atom is -0.380 e. The lowest BCUT2D eigenvalue weighted by molar-refractivity contribution is -0.139. The molecular formula is C18H21Br3N6O4. The Morgan fingerprint density at radius 1 is 0.839 bits per heavy atom. The van der Waals surface area contributed by atoms with Gasteiger partial charge in [-0.3, -0.25) is 9.59 Å². The Morgan fingerprint density at radius 2 is 1.39 bits per heavy atom. The van der Waals surface area contributed by atoms with Crippen LogP contribution in [0.25, 0.3) is 0 Å². The summed E-state index contributed by atoms with van der Waals surface area (Å²) in [4.78, 5) is 37.1. The highest BCUT2D eigenvalue weighted by Crippen LogP contribution is 2.38. The van der Waals surface area contributed by atoms with E-state index in [2.05, 4.69) is 73.0 Å². The molecule has 2 aromatic heterocycles. The first kappa shape index (κ1) is 23.1. The van der Waals surface area contributed by atoms with Crippen LogP contribution in [0.1, 0.15) is 0 Å². The van der Waals surface area contributed by atoms with Crippen LogP contribution in [0.2, 0.25) is 0 Å². The van der Waals surface area contributed by atoms with Crippen LogP contribution in [0.4, 0.5) is 5.82 Å². The van der Waals surface area contributed by atoms with Gasteiger partial charge >= 0.3 is 0 Å². The van der Waals surface area contributed by atoms with Crippen molar-refractivity contribution in [3.8, 4) is 0 Å². The lowest BCUT2D eigenvalue weighted by Crippen LogP contribution is -2.67. The minimum absolute atomic E-state index is 0.131. The fourth-order valence-electron chi connectivity index (χ4n) is 3.51. The van der Waals surface area contributed by atoms with Gasteiger partial charge in [0, 0.05) is 44.0 Å². The van der Waals surface area contributed by atoms with Crippen LogP contribution in [-0.4, -0.2) is 72.5 Å². The first-order chi connectivity index (χ1) is 14.8. The number of halogens is 3. The highest BCUT2D eigenvalue weighted by molar-refractivity contribution is 9.11. The largest absolute Gasteiger partial charge is 0.380 e. The van der Waals surface area contributed by atoms with Crippen molar-refractivity contribution in [2.24, 2.45) is 10.8 Å². The summed E-state index contributed by atoms with van der Waals surface area (Å²) >= 11 is 9.29. The Morgan fingerprint density at radius 3 is 1.77 bits per heavy atom. The third-order valence-corrected chi connectivity index (χ3v) is 6.79. The maximum atomic E-state index is 11.5. The number of aromatic nitrogens is 4. The minimum atomic E-state index is -0.224. The van der Waals surface area contributed by atoms with E-state index in [1.807, 2.05) is 4.90 Å². The molecule has 13 heteroatoms. The van der Waals surface area contributed by atoms with Gasteiger partial charge in [0.15, 0.2) is 10.4 Å². The molecule has 31 heavy (non-hydrogen) atoms. The summed E-state index contributed by atoms with van der Waals surface area (Å²) in [6.07, 6.45) is 3.03. The van der Waals surface area contributed by atoms with Gasteiger partial charge in [0.1, 0.15) is 9.21 Å². The quantitative estimate of drug-likeness (QED) is 0.433. The maximum absolute atomic E-state index is 11.5. The number of hydrogen-bond acceptors (Lipinski definition) is 8. The molecule has 168 valence electrons. The van der Waals surface area contributed by atoms with Gasteiger partial charge < -0.3 is 29.7 Å². The van der Waals surface area contributed by atoms with E-state index < -0.39 is 0 Å². The topological polar surface area (TPSA) is 125 Å². The van der Waals surface area contributed by atoms with Crippen LogP contribution in [0.5, 0.6) is 0 Å². The molecule has 0 atom stereocenters. The van der Waals surface area contributed by atoms with Gasteiger partial charge in [-0.15, -0.1) is 0 Å². The number of nitrogens with zero attached hydrogens (tertiary/aromatic N) is 3. The summed E-state index contributed by atoms with van der Waals surface area (Å²) in [5.41, 5.74) is 0.558. The van der Waals surface area contributed by atoms with Gasteiger partial charge in [-0.1, -0.05) is 0 Å². The van der Waals surface area contributed by atoms with Crippen LogP contribution in [-0.2, 0) is 9.47 Å². The van der Waals surface area contributed by atoms with Crippen molar-refractivity contribution in [3.05, 3.63) is 46.9 Å². The van der Waals surface area contributed by atoms with E-state index in [0.29, 0.717) is 25.9 Å². The first-order valence-electron chi connectivity index (χ1n) is 9.57. The number of aromatic amines is 2. The molecule has 10 nitrogen and oxygen atoms in total. The maximum Gasteiger partial charge on any atom is 0.290 e. The summed E-state index contributed by atoms with van der Waals surface area (Å²) in [6.45, 7) is 7.75. The molecule has 0 saturated carbocycles. The highest BCUT2D eigenvalue weighted by Gasteiger charge is 2.50. The molecule has 0 radical (unpaired) electrons. The Bertz CT molecular complexity index is 1030. The summed E-state index contributed by atoms with van der Waals surface area (Å²) in [5.74, 6) is 0.502. The Hall–Kier alpha value is -1.12. The zero-order valence-electron chi connectivity index (χ0n) is 16.4. The molecule has 2 aromatic rings. The standard InChI is InChI=1S/C9H10BrN3O2.C5H9NO.C4H2Br2N2O/c10-6-1-11-8(14)7(12-6)13-2-9(3-13)4-15-5-9;1-5(2-6-1)3-7-4-5;5-2-1-7-4(9)3(6)8-2/h1H,2-5H2,(H,11,14);6H,1-4H2;1H,(H,7,9). The molecule has 4 saturated heterocycles. The molecule has 3 N–H and O–H groups in total. The van der Waals surface area contributed by atoms with E-state index in [-0.39, 0.29) is 15.7 Å². The van der Waals surface area contributed by atoms with Crippen molar-refractivity contribution < 1.29 is 9.47 Å². The van der Waals surface area contributed by atoms with Gasteiger partial charge in [-0.2, -0.15) is 0 Å². The van der Waals surface area contributed by atoms with Crippen molar-refractivity contribution in [2.75, 3.05) is 57.5 Å². The average molecular weight is 625 g/mol. The van der Waals surface area contributed by atoms with Gasteiger partial charge in [-0.05, 0) is 47.8 Å². The van der Waals surface area contributed by atoms with E-state index in [0.717, 1.165) is 39.5 Å². The van der Waals surface area contributed by atoms with Crippen LogP contribution >= 0.6 is 47.8 Å². The summed E-state index contributed by atoms with van der Waals surface area (Å²) in [5, 5.41) is 3.22. The fraction of sp³-hybridized carbons (Fsp3) is 0.556. The van der Waals surface area contributed by atoms with Gasteiger partial charge in [-0.25, -0.2) is 9.97 Å². The number of ether oxygens (including phenoxy) is 2. The van der Waals surface area contributed by atoms with Gasteiger partial charge in [0.05, 0.1) is 31.8 Å². The molecule has 4 aliphatic rings. The van der Waals surface area contributed by atoms with Crippen LogP contribution in [0.3, 0.4) is 0 Å². The van der Waals surface area contributed by atoms with E-state index in [1.54, 1.807) is 6.20 Å². The predicted octanol–water partition coefficient (Wildman–Crippen LogP) is 1.27. The number of rotatable bonds is 1. The molecule has 6 heterocycles. The molecule has 2 spiro atoms. The SMILES string of the molecule is C1NCC12COC2.O=c1[nH]cc(Br)nc1Br.O=c1[nH]cc(Br)nc1N1CC2(COC2)C1. The molecule has 0 aromatic carbocycles. The van der Waals surface area contributed by atoms with Crippen molar-refractivity contribution in [2.45, 2.75) is 0 Å². The molecule has 0 bridgehead atoms. The lowest BCUT2D eigenvalue weighted by Gasteiger charge is -2.55. The third kappa shape index (κ3) is 5.28. The molecule has 0 amide bonds. The molecule has 6 rings (SSSR count). The van der Waals surface area contributed by atoms with Crippen molar-refractivity contribution in [1.29, 1.82) is 0 Å². The fourth-order valence-corrected chi connectivity index (χ4v) is 4.63. The average Bonchev–Trinajstić information content (AvgIpc) is 2.58. The predicted molar refractivity (Wildman–Crippen MR) is 124 cm³/mol. The van der Waals surface area contributed by atoms with Crippen LogP contribution in [0.15, 0.2) is 35.8 Å². The second-order valence-corrected chi connectivity index (χ2v) is 10.5. The van der Waals surface area contributed by atoms with Crippen molar-refractivity contribution in [3.63, 3.8) is 0 Å². The number of H-pyrrole nitrogens is 2. The highest BCUT2D eigenvalue weighted by atomic mass is 79.9. The first-order valence-corrected chi connectivity index (χ1v) is 11.9. The van der Waals surface area contributed by atoms with Crippen molar-refractivity contribution in [1.82, 2.24) is 25.3 Å². The lowest BCUT2D eigenvalue weighted by atomic mass is 9.78. The molecular weight excluding hydrogens is 604 g/mol. The monoisotopic (exact) mass is 622 g/mol. The van der Waals surface area contributed by atoms with Gasteiger partial charge in [0.25, 0.3) is 11.1 Å². The van der Waals surface area contributed by atoms with Gasteiger partial charge in [0.2, 0.25) is 0 Å². The Labute approximate surface area is 202 Å². The summed E-state index contributed by atoms with van der Waals surface area (Å²) < 4.78 is 11.8. The van der Waals surface area contributed by atoms with Crippen LogP contribution in [0, 0.1) is 10.8 Å². The Kier molecular flexibility index (Phi) is 6.99. The van der Waals surface area contributed by atoms with E-state index >= 15 is 0 Å². The summed E-state index contributed by atoms with van der Waals surface area (Å²) in [7, 11) is 0. The zero-order valence-corrected chi connectivity index (χ0v) is 21.2.